The van der Waals surface area contributed by atoms with Crippen LogP contribution >= 0.6 is 27.3 Å². The van der Waals surface area contributed by atoms with Crippen molar-refractivity contribution in [2.45, 2.75) is 44.3 Å². The Hall–Kier alpha value is -0.0700. The summed E-state index contributed by atoms with van der Waals surface area (Å²) >= 11 is 5.14. The van der Waals surface area contributed by atoms with Crippen LogP contribution in [0, 0.1) is 11.8 Å². The Labute approximate surface area is 130 Å². The third-order valence-corrected chi connectivity index (χ3v) is 5.87. The first-order valence-electron chi connectivity index (χ1n) is 6.88. The van der Waals surface area contributed by atoms with E-state index in [0.717, 1.165) is 10.2 Å². The van der Waals surface area contributed by atoms with Gasteiger partial charge in [-0.15, -0.1) is 11.3 Å². The maximum absolute atomic E-state index is 12.7. The second-order valence-electron chi connectivity index (χ2n) is 5.46. The minimum Gasteiger partial charge on any atom is -0.316 e. The summed E-state index contributed by atoms with van der Waals surface area (Å²) in [5.74, 6) is -0.744. The van der Waals surface area contributed by atoms with Crippen LogP contribution in [0.1, 0.15) is 30.6 Å². The van der Waals surface area contributed by atoms with Crippen LogP contribution < -0.4 is 5.32 Å². The fraction of sp³-hybridized carbons (Fsp3) is 0.714. The van der Waals surface area contributed by atoms with Crippen molar-refractivity contribution in [2.75, 3.05) is 7.05 Å². The molecule has 2 rings (SSSR count). The van der Waals surface area contributed by atoms with Gasteiger partial charge >= 0.3 is 6.18 Å². The van der Waals surface area contributed by atoms with Gasteiger partial charge in [0.15, 0.2) is 0 Å². The Morgan fingerprint density at radius 2 is 1.95 bits per heavy atom. The first-order valence-corrected chi connectivity index (χ1v) is 8.49. The van der Waals surface area contributed by atoms with E-state index in [0.29, 0.717) is 18.8 Å². The molecular weight excluding hydrogens is 351 g/mol. The maximum atomic E-state index is 12.7. The highest BCUT2D eigenvalue weighted by atomic mass is 79.9. The molecule has 1 aromatic rings. The first-order chi connectivity index (χ1) is 9.40. The molecule has 0 saturated heterocycles. The normalized spacial score (nSPS) is 25.6. The minimum atomic E-state index is -4.02. The summed E-state index contributed by atoms with van der Waals surface area (Å²) in [5, 5.41) is 3.29. The van der Waals surface area contributed by atoms with E-state index in [1.807, 2.05) is 13.1 Å². The van der Waals surface area contributed by atoms with Crippen molar-refractivity contribution in [3.8, 4) is 0 Å². The van der Waals surface area contributed by atoms with Crippen molar-refractivity contribution in [1.29, 1.82) is 0 Å². The van der Waals surface area contributed by atoms with E-state index >= 15 is 0 Å². The largest absolute Gasteiger partial charge is 0.391 e. The van der Waals surface area contributed by atoms with Gasteiger partial charge in [0.1, 0.15) is 0 Å². The average molecular weight is 370 g/mol. The van der Waals surface area contributed by atoms with Crippen LogP contribution in [0.3, 0.4) is 0 Å². The molecule has 20 heavy (non-hydrogen) atoms. The van der Waals surface area contributed by atoms with Gasteiger partial charge in [0.2, 0.25) is 0 Å². The number of rotatable bonds is 4. The molecule has 6 heteroatoms. The summed E-state index contributed by atoms with van der Waals surface area (Å²) in [5.41, 5.74) is 0. The molecule has 0 spiro atoms. The van der Waals surface area contributed by atoms with Crippen molar-refractivity contribution < 1.29 is 13.2 Å². The molecule has 1 aliphatic rings. The molecule has 0 aromatic carbocycles. The number of likely N-dealkylation sites (N-methyl/N-ethyl adjacent to an activating group) is 1. The highest BCUT2D eigenvalue weighted by molar-refractivity contribution is 9.11. The Morgan fingerprint density at radius 1 is 1.30 bits per heavy atom. The van der Waals surface area contributed by atoms with Crippen LogP contribution in [0.5, 0.6) is 0 Å². The van der Waals surface area contributed by atoms with E-state index in [2.05, 4.69) is 27.3 Å². The second-order valence-corrected chi connectivity index (χ2v) is 8.01. The van der Waals surface area contributed by atoms with Gasteiger partial charge in [-0.05, 0) is 73.1 Å². The number of nitrogens with one attached hydrogen (secondary N) is 1. The average Bonchev–Trinajstić information content (AvgIpc) is 2.81. The molecule has 1 atom stereocenters. The zero-order chi connectivity index (χ0) is 14.8. The number of alkyl halides is 3. The van der Waals surface area contributed by atoms with Crippen molar-refractivity contribution in [3.05, 3.63) is 20.8 Å². The summed E-state index contributed by atoms with van der Waals surface area (Å²) in [6, 6.07) is 4.38. The monoisotopic (exact) mass is 369 g/mol. The van der Waals surface area contributed by atoms with Crippen molar-refractivity contribution in [1.82, 2.24) is 5.32 Å². The lowest BCUT2D eigenvalue weighted by Crippen LogP contribution is -2.39. The number of halogens is 4. The lowest BCUT2D eigenvalue weighted by molar-refractivity contribution is -0.184. The van der Waals surface area contributed by atoms with Crippen LogP contribution in [0.15, 0.2) is 15.9 Å². The SMILES string of the molecule is CNC(Cc1ccc(Br)s1)C1CCC(C(F)(F)F)CC1. The fourth-order valence-corrected chi connectivity index (χ4v) is 4.57. The summed E-state index contributed by atoms with van der Waals surface area (Å²) < 4.78 is 39.1. The molecule has 0 aliphatic heterocycles. The summed E-state index contributed by atoms with van der Waals surface area (Å²) in [6.45, 7) is 0. The molecule has 0 radical (unpaired) electrons. The van der Waals surface area contributed by atoms with Gasteiger partial charge in [0, 0.05) is 10.9 Å². The van der Waals surface area contributed by atoms with Gasteiger partial charge in [-0.2, -0.15) is 13.2 Å². The molecular formula is C14H19BrF3NS. The topological polar surface area (TPSA) is 12.0 Å². The van der Waals surface area contributed by atoms with Crippen LogP contribution in [0.2, 0.25) is 0 Å². The number of hydrogen-bond donors (Lipinski definition) is 1. The van der Waals surface area contributed by atoms with E-state index in [4.69, 9.17) is 0 Å². The highest BCUT2D eigenvalue weighted by Gasteiger charge is 2.42. The Bertz CT molecular complexity index is 424. The standard InChI is InChI=1S/C14H19BrF3NS/c1-19-12(8-11-6-7-13(15)20-11)9-2-4-10(5-3-9)14(16,17)18/h6-7,9-10,12,19H,2-5,8H2,1H3. The highest BCUT2D eigenvalue weighted by Crippen LogP contribution is 2.41. The van der Waals surface area contributed by atoms with Crippen LogP contribution in [-0.2, 0) is 6.42 Å². The molecule has 1 unspecified atom stereocenters. The molecule has 1 aliphatic carbocycles. The second kappa shape index (κ2) is 6.79. The fourth-order valence-electron chi connectivity index (χ4n) is 3.03. The molecule has 1 N–H and O–H groups in total. The molecule has 1 nitrogen and oxygen atoms in total. The molecule has 1 fully saturated rings. The lowest BCUT2D eigenvalue weighted by Gasteiger charge is -2.34. The molecule has 1 heterocycles. The van der Waals surface area contributed by atoms with Crippen LogP contribution in [0.25, 0.3) is 0 Å². The summed E-state index contributed by atoms with van der Waals surface area (Å²) in [6.07, 6.45) is -1.22. The molecule has 114 valence electrons. The summed E-state index contributed by atoms with van der Waals surface area (Å²) in [4.78, 5) is 1.27. The minimum absolute atomic E-state index is 0.273. The quantitative estimate of drug-likeness (QED) is 0.786. The van der Waals surface area contributed by atoms with Gasteiger partial charge in [-0.1, -0.05) is 0 Å². The van der Waals surface area contributed by atoms with E-state index in [9.17, 15) is 13.2 Å². The maximum Gasteiger partial charge on any atom is 0.391 e. The smallest absolute Gasteiger partial charge is 0.316 e. The third-order valence-electron chi connectivity index (χ3n) is 4.22. The van der Waals surface area contributed by atoms with Gasteiger partial charge < -0.3 is 5.32 Å². The van der Waals surface area contributed by atoms with Crippen LogP contribution in [-0.4, -0.2) is 19.3 Å². The molecule has 0 amide bonds. The van der Waals surface area contributed by atoms with E-state index < -0.39 is 12.1 Å². The lowest BCUT2D eigenvalue weighted by atomic mass is 9.77. The van der Waals surface area contributed by atoms with E-state index in [1.54, 1.807) is 11.3 Å². The molecule has 0 bridgehead atoms. The number of thiophene rings is 1. The van der Waals surface area contributed by atoms with Gasteiger partial charge in [-0.3, -0.25) is 0 Å². The van der Waals surface area contributed by atoms with Crippen LogP contribution in [0.4, 0.5) is 13.2 Å². The predicted molar refractivity (Wildman–Crippen MR) is 80.1 cm³/mol. The van der Waals surface area contributed by atoms with Gasteiger partial charge in [0.05, 0.1) is 9.70 Å². The van der Waals surface area contributed by atoms with Crippen molar-refractivity contribution >= 4 is 27.3 Å². The zero-order valence-corrected chi connectivity index (χ0v) is 13.7. The Balaban J connectivity index is 1.90. The zero-order valence-electron chi connectivity index (χ0n) is 11.3. The van der Waals surface area contributed by atoms with Crippen molar-refractivity contribution in [2.24, 2.45) is 11.8 Å². The van der Waals surface area contributed by atoms with Gasteiger partial charge in [0.25, 0.3) is 0 Å². The van der Waals surface area contributed by atoms with E-state index in [1.165, 1.54) is 4.88 Å². The third kappa shape index (κ3) is 4.21. The Morgan fingerprint density at radius 3 is 2.40 bits per heavy atom. The van der Waals surface area contributed by atoms with Gasteiger partial charge in [-0.25, -0.2) is 0 Å². The number of hydrogen-bond acceptors (Lipinski definition) is 2. The molecule has 1 aromatic heterocycles. The Kier molecular flexibility index (Phi) is 5.54. The van der Waals surface area contributed by atoms with Crippen molar-refractivity contribution in [3.63, 3.8) is 0 Å². The summed E-state index contributed by atoms with van der Waals surface area (Å²) in [7, 11) is 1.91. The van der Waals surface area contributed by atoms with E-state index in [-0.39, 0.29) is 18.9 Å². The molecule has 1 saturated carbocycles. The predicted octanol–water partition coefficient (Wildman–Crippen LogP) is 5.01. The first kappa shape index (κ1) is 16.3.